The van der Waals surface area contributed by atoms with E-state index in [1.165, 1.54) is 12.1 Å². The second-order valence-corrected chi connectivity index (χ2v) is 8.40. The first-order valence-electron chi connectivity index (χ1n) is 12.1. The summed E-state index contributed by atoms with van der Waals surface area (Å²) in [5, 5.41) is 3.07. The molecule has 1 N–H and O–H groups in total. The zero-order valence-electron chi connectivity index (χ0n) is 20.2. The van der Waals surface area contributed by atoms with Crippen LogP contribution in [-0.2, 0) is 11.3 Å². The summed E-state index contributed by atoms with van der Waals surface area (Å²) in [6.07, 6.45) is 3.42. The molecule has 1 atom stereocenters. The average molecular weight is 479 g/mol. The topological polar surface area (TPSA) is 76.6 Å². The summed E-state index contributed by atoms with van der Waals surface area (Å²) in [4.78, 5) is 24.1. The maximum absolute atomic E-state index is 13.3. The van der Waals surface area contributed by atoms with Gasteiger partial charge < -0.3 is 19.7 Å². The molecule has 4 rings (SSSR count). The third-order valence-electron chi connectivity index (χ3n) is 5.93. The molecule has 1 saturated heterocycles. The van der Waals surface area contributed by atoms with Gasteiger partial charge in [0.25, 0.3) is 0 Å². The number of hydrogen-bond acceptors (Lipinski definition) is 6. The first-order valence-corrected chi connectivity index (χ1v) is 12.1. The fourth-order valence-corrected chi connectivity index (χ4v) is 4.20. The summed E-state index contributed by atoms with van der Waals surface area (Å²) in [6.45, 7) is 6.79. The van der Waals surface area contributed by atoms with E-state index in [-0.39, 0.29) is 17.6 Å². The van der Waals surface area contributed by atoms with E-state index in [1.54, 1.807) is 18.3 Å². The number of carbonyl (C=O) groups is 1. The molecule has 0 radical (unpaired) electrons. The van der Waals surface area contributed by atoms with Gasteiger partial charge in [0.2, 0.25) is 5.91 Å². The van der Waals surface area contributed by atoms with Crippen molar-refractivity contribution in [1.82, 2.24) is 15.3 Å². The van der Waals surface area contributed by atoms with E-state index in [2.05, 4.69) is 20.2 Å². The fourth-order valence-electron chi connectivity index (χ4n) is 4.20. The Hall–Kier alpha value is -3.68. The number of aromatic nitrogens is 2. The van der Waals surface area contributed by atoms with Gasteiger partial charge in [-0.3, -0.25) is 4.79 Å². The number of amides is 1. The Balaban J connectivity index is 1.39. The molecule has 0 bridgehead atoms. The maximum atomic E-state index is 13.3. The Morgan fingerprint density at radius 1 is 1.09 bits per heavy atom. The molecule has 35 heavy (non-hydrogen) atoms. The zero-order valence-corrected chi connectivity index (χ0v) is 20.2. The van der Waals surface area contributed by atoms with E-state index in [1.807, 2.05) is 38.1 Å². The van der Waals surface area contributed by atoms with E-state index in [0.29, 0.717) is 43.6 Å². The smallest absolute Gasteiger partial charge is 0.225 e. The van der Waals surface area contributed by atoms with E-state index in [4.69, 9.17) is 9.47 Å². The molecule has 3 aromatic rings. The summed E-state index contributed by atoms with van der Waals surface area (Å²) in [7, 11) is 0. The lowest BCUT2D eigenvalue weighted by Gasteiger charge is -2.33. The molecule has 1 aromatic heterocycles. The molecule has 0 unspecified atom stereocenters. The van der Waals surface area contributed by atoms with Crippen molar-refractivity contribution in [2.45, 2.75) is 33.2 Å². The zero-order chi connectivity index (χ0) is 24.6. The molecule has 1 amide bonds. The SMILES string of the molecule is CCOc1ccc(CNC(=O)[C@@H]2CCCN(c3ccnc(-c4ccc(F)cc4)n3)C2)cc1OCC. The molecular formula is C27H31FN4O3. The van der Waals surface area contributed by atoms with Gasteiger partial charge in [0, 0.05) is 31.4 Å². The van der Waals surface area contributed by atoms with Crippen molar-refractivity contribution in [3.63, 3.8) is 0 Å². The van der Waals surface area contributed by atoms with Crippen LogP contribution in [-0.4, -0.2) is 42.2 Å². The highest BCUT2D eigenvalue weighted by Gasteiger charge is 2.26. The first-order chi connectivity index (χ1) is 17.1. The van der Waals surface area contributed by atoms with Gasteiger partial charge in [-0.25, -0.2) is 14.4 Å². The van der Waals surface area contributed by atoms with E-state index in [0.717, 1.165) is 36.3 Å². The Bertz CT molecular complexity index is 1140. The molecule has 0 saturated carbocycles. The monoisotopic (exact) mass is 478 g/mol. The van der Waals surface area contributed by atoms with Crippen molar-refractivity contribution >= 4 is 11.7 Å². The maximum Gasteiger partial charge on any atom is 0.225 e. The minimum absolute atomic E-state index is 0.0226. The lowest BCUT2D eigenvalue weighted by atomic mass is 9.97. The molecule has 8 heteroatoms. The summed E-state index contributed by atoms with van der Waals surface area (Å²) in [6, 6.07) is 13.7. The second kappa shape index (κ2) is 11.6. The van der Waals surface area contributed by atoms with Gasteiger partial charge in [-0.2, -0.15) is 0 Å². The molecule has 0 spiro atoms. The Morgan fingerprint density at radius 3 is 2.63 bits per heavy atom. The summed E-state index contributed by atoms with van der Waals surface area (Å²) in [5.74, 6) is 2.28. The number of halogens is 1. The lowest BCUT2D eigenvalue weighted by Crippen LogP contribution is -2.43. The highest BCUT2D eigenvalue weighted by atomic mass is 19.1. The minimum atomic E-state index is -0.297. The number of hydrogen-bond donors (Lipinski definition) is 1. The molecule has 1 fully saturated rings. The van der Waals surface area contributed by atoms with Crippen molar-refractivity contribution in [3.8, 4) is 22.9 Å². The number of nitrogens with one attached hydrogen (secondary N) is 1. The van der Waals surface area contributed by atoms with Crippen molar-refractivity contribution in [1.29, 1.82) is 0 Å². The van der Waals surface area contributed by atoms with Crippen LogP contribution >= 0.6 is 0 Å². The van der Waals surface area contributed by atoms with Crippen LogP contribution in [0.1, 0.15) is 32.3 Å². The van der Waals surface area contributed by atoms with Crippen LogP contribution in [0.5, 0.6) is 11.5 Å². The number of benzene rings is 2. The highest BCUT2D eigenvalue weighted by Crippen LogP contribution is 2.29. The van der Waals surface area contributed by atoms with Crippen molar-refractivity contribution < 1.29 is 18.7 Å². The van der Waals surface area contributed by atoms with Gasteiger partial charge in [-0.1, -0.05) is 6.07 Å². The standard InChI is InChI=1S/C27H31FN4O3/c1-3-34-23-12-7-19(16-24(23)35-4-2)17-30-27(33)21-6-5-15-32(18-21)25-13-14-29-26(31-25)20-8-10-22(28)11-9-20/h7-14,16,21H,3-6,15,17-18H2,1-2H3,(H,30,33)/t21-/m1/s1. The van der Waals surface area contributed by atoms with Crippen LogP contribution in [0.25, 0.3) is 11.4 Å². The van der Waals surface area contributed by atoms with Crippen LogP contribution < -0.4 is 19.7 Å². The molecule has 2 aromatic carbocycles. The third kappa shape index (κ3) is 6.26. The van der Waals surface area contributed by atoms with Crippen LogP contribution in [0, 0.1) is 11.7 Å². The molecular weight excluding hydrogens is 447 g/mol. The predicted molar refractivity (Wildman–Crippen MR) is 133 cm³/mol. The largest absolute Gasteiger partial charge is 0.490 e. The number of ether oxygens (including phenoxy) is 2. The van der Waals surface area contributed by atoms with Gasteiger partial charge in [0.05, 0.1) is 19.1 Å². The lowest BCUT2D eigenvalue weighted by molar-refractivity contribution is -0.125. The van der Waals surface area contributed by atoms with Crippen LogP contribution in [0.4, 0.5) is 10.2 Å². The van der Waals surface area contributed by atoms with Gasteiger partial charge >= 0.3 is 0 Å². The van der Waals surface area contributed by atoms with E-state index < -0.39 is 0 Å². The number of anilines is 1. The molecule has 0 aliphatic carbocycles. The first kappa shape index (κ1) is 24.4. The molecule has 1 aliphatic rings. The molecule has 184 valence electrons. The predicted octanol–water partition coefficient (Wildman–Crippen LogP) is 4.61. The normalized spacial score (nSPS) is 15.5. The van der Waals surface area contributed by atoms with Crippen molar-refractivity contribution in [2.24, 2.45) is 5.92 Å². The number of piperidine rings is 1. The van der Waals surface area contributed by atoms with Crippen LogP contribution in [0.3, 0.4) is 0 Å². The quantitative estimate of drug-likeness (QED) is 0.484. The highest BCUT2D eigenvalue weighted by molar-refractivity contribution is 5.79. The second-order valence-electron chi connectivity index (χ2n) is 8.40. The summed E-state index contributed by atoms with van der Waals surface area (Å²) >= 11 is 0. The van der Waals surface area contributed by atoms with Gasteiger partial charge in [-0.15, -0.1) is 0 Å². The summed E-state index contributed by atoms with van der Waals surface area (Å²) in [5.41, 5.74) is 1.71. The molecule has 1 aliphatic heterocycles. The molecule has 7 nitrogen and oxygen atoms in total. The van der Waals surface area contributed by atoms with Crippen LogP contribution in [0.15, 0.2) is 54.7 Å². The van der Waals surface area contributed by atoms with Gasteiger partial charge in [0.1, 0.15) is 11.6 Å². The minimum Gasteiger partial charge on any atom is -0.490 e. The van der Waals surface area contributed by atoms with Gasteiger partial charge in [0.15, 0.2) is 17.3 Å². The Kier molecular flexibility index (Phi) is 8.13. The van der Waals surface area contributed by atoms with Crippen LogP contribution in [0.2, 0.25) is 0 Å². The number of rotatable bonds is 9. The molecule has 2 heterocycles. The van der Waals surface area contributed by atoms with E-state index in [9.17, 15) is 9.18 Å². The Morgan fingerprint density at radius 2 is 1.86 bits per heavy atom. The van der Waals surface area contributed by atoms with Gasteiger partial charge in [-0.05, 0) is 74.7 Å². The number of carbonyl (C=O) groups excluding carboxylic acids is 1. The van der Waals surface area contributed by atoms with E-state index >= 15 is 0 Å². The van der Waals surface area contributed by atoms with Crippen molar-refractivity contribution in [3.05, 3.63) is 66.1 Å². The van der Waals surface area contributed by atoms with Crippen molar-refractivity contribution in [2.75, 3.05) is 31.2 Å². The average Bonchev–Trinajstić information content (AvgIpc) is 2.89. The summed E-state index contributed by atoms with van der Waals surface area (Å²) < 4.78 is 24.6. The number of nitrogens with zero attached hydrogens (tertiary/aromatic N) is 3. The third-order valence-corrected chi connectivity index (χ3v) is 5.93. The fraction of sp³-hybridized carbons (Fsp3) is 0.370. The Labute approximate surface area is 205 Å².